The summed E-state index contributed by atoms with van der Waals surface area (Å²) in [5.41, 5.74) is 0.503. The third kappa shape index (κ3) is 4.23. The Balaban J connectivity index is 1.58. The van der Waals surface area contributed by atoms with Crippen molar-refractivity contribution in [2.24, 2.45) is 4.99 Å². The summed E-state index contributed by atoms with van der Waals surface area (Å²) in [6.07, 6.45) is 0.149. The van der Waals surface area contributed by atoms with Crippen molar-refractivity contribution in [3.63, 3.8) is 0 Å². The van der Waals surface area contributed by atoms with Gasteiger partial charge in [0.05, 0.1) is 52.8 Å². The zero-order valence-corrected chi connectivity index (χ0v) is 16.0. The van der Waals surface area contributed by atoms with Crippen LogP contribution in [-0.4, -0.2) is 32.1 Å². The van der Waals surface area contributed by atoms with Gasteiger partial charge >= 0.3 is 6.18 Å². The fourth-order valence-electron chi connectivity index (χ4n) is 3.28. The maximum absolute atomic E-state index is 12.4. The molecule has 2 heterocycles. The van der Waals surface area contributed by atoms with Gasteiger partial charge in [0.15, 0.2) is 5.82 Å². The molecule has 1 aliphatic rings. The van der Waals surface area contributed by atoms with Gasteiger partial charge < -0.3 is 0 Å². The van der Waals surface area contributed by atoms with E-state index in [4.69, 9.17) is 0 Å². The number of alkyl halides is 3. The molecule has 0 spiro atoms. The number of nitriles is 1. The van der Waals surface area contributed by atoms with Crippen molar-refractivity contribution in [3.05, 3.63) is 57.9 Å². The smallest absolute Gasteiger partial charge is 0.263 e. The van der Waals surface area contributed by atoms with E-state index < -0.39 is 22.9 Å². The first-order chi connectivity index (χ1) is 14.7. The van der Waals surface area contributed by atoms with E-state index in [0.717, 1.165) is 0 Å². The van der Waals surface area contributed by atoms with Gasteiger partial charge in [0, 0.05) is 17.7 Å². The third-order valence-corrected chi connectivity index (χ3v) is 5.20. The second kappa shape index (κ2) is 7.46. The molecule has 1 aromatic carbocycles. The van der Waals surface area contributed by atoms with Crippen LogP contribution < -0.4 is 0 Å². The monoisotopic (exact) mass is 428 g/mol. The van der Waals surface area contributed by atoms with Gasteiger partial charge in [-0.2, -0.15) is 23.5 Å². The molecule has 0 unspecified atom stereocenters. The topological polar surface area (TPSA) is 110 Å². The lowest BCUT2D eigenvalue weighted by atomic mass is 9.96. The van der Waals surface area contributed by atoms with Crippen LogP contribution in [0.15, 0.2) is 41.7 Å². The van der Waals surface area contributed by atoms with Crippen molar-refractivity contribution >= 4 is 28.6 Å². The summed E-state index contributed by atoms with van der Waals surface area (Å²) < 4.78 is 38.5. The molecule has 1 aliphatic carbocycles. The highest BCUT2D eigenvalue weighted by Crippen LogP contribution is 2.48. The molecule has 158 valence electrons. The zero-order chi connectivity index (χ0) is 22.2. The predicted octanol–water partition coefficient (Wildman–Crippen LogP) is 4.60. The lowest BCUT2D eigenvalue weighted by molar-refractivity contribution is -0.385. The fraction of sp³-hybridized carbons (Fsp3) is 0.300. The van der Waals surface area contributed by atoms with E-state index >= 15 is 0 Å². The second-order valence-electron chi connectivity index (χ2n) is 7.32. The standard InChI is InChI=1S/C20H15F3N6O2/c21-20(22,23)5-6-28-17-11-26-18(7-14(17)10-27-28)25-9-13-1-2-15(8-16(13)29(30)31)19(12-24)3-4-19/h1-2,7-11H,3-6H2. The van der Waals surface area contributed by atoms with E-state index in [-0.39, 0.29) is 23.6 Å². The molecule has 1 fully saturated rings. The molecule has 0 amide bonds. The van der Waals surface area contributed by atoms with Gasteiger partial charge in [-0.25, -0.2) is 9.98 Å². The van der Waals surface area contributed by atoms with Crippen molar-refractivity contribution in [3.8, 4) is 6.07 Å². The number of rotatable bonds is 6. The number of aromatic nitrogens is 3. The van der Waals surface area contributed by atoms with Crippen LogP contribution in [0.3, 0.4) is 0 Å². The molecule has 0 radical (unpaired) electrons. The molecule has 0 bridgehead atoms. The van der Waals surface area contributed by atoms with Crippen molar-refractivity contribution < 1.29 is 18.1 Å². The Labute approximate surface area is 173 Å². The maximum Gasteiger partial charge on any atom is 0.390 e. The van der Waals surface area contributed by atoms with Crippen LogP contribution in [0.25, 0.3) is 10.9 Å². The van der Waals surface area contributed by atoms with Crippen LogP contribution in [0.4, 0.5) is 24.7 Å². The quantitative estimate of drug-likeness (QED) is 0.324. The van der Waals surface area contributed by atoms with Gasteiger partial charge in [0.1, 0.15) is 0 Å². The van der Waals surface area contributed by atoms with Gasteiger partial charge in [-0.3, -0.25) is 14.8 Å². The van der Waals surface area contributed by atoms with Crippen molar-refractivity contribution in [1.82, 2.24) is 14.8 Å². The molecule has 1 saturated carbocycles. The van der Waals surface area contributed by atoms with Gasteiger partial charge in [-0.05, 0) is 30.5 Å². The van der Waals surface area contributed by atoms with Gasteiger partial charge in [0.2, 0.25) is 0 Å². The lowest BCUT2D eigenvalue weighted by Crippen LogP contribution is -2.12. The maximum atomic E-state index is 12.4. The lowest BCUT2D eigenvalue weighted by Gasteiger charge is -2.07. The molecular formula is C20H15F3N6O2. The van der Waals surface area contributed by atoms with E-state index in [1.54, 1.807) is 12.1 Å². The molecule has 4 rings (SSSR count). The summed E-state index contributed by atoms with van der Waals surface area (Å²) in [5.74, 6) is 0.233. The average molecular weight is 428 g/mol. The number of nitro benzene ring substituents is 1. The Morgan fingerprint density at radius 3 is 2.74 bits per heavy atom. The number of pyridine rings is 1. The highest BCUT2D eigenvalue weighted by molar-refractivity contribution is 5.88. The summed E-state index contributed by atoms with van der Waals surface area (Å²) in [5, 5.41) is 25.3. The first-order valence-electron chi connectivity index (χ1n) is 9.33. The van der Waals surface area contributed by atoms with Crippen LogP contribution >= 0.6 is 0 Å². The predicted molar refractivity (Wildman–Crippen MR) is 105 cm³/mol. The van der Waals surface area contributed by atoms with E-state index in [0.29, 0.717) is 29.3 Å². The number of aliphatic imine (C=N–C) groups is 1. The molecule has 8 nitrogen and oxygen atoms in total. The first kappa shape index (κ1) is 20.5. The van der Waals surface area contributed by atoms with Crippen LogP contribution in [0.5, 0.6) is 0 Å². The Hall–Kier alpha value is -3.81. The number of fused-ring (bicyclic) bond motifs is 1. The number of nitrogens with zero attached hydrogens (tertiary/aromatic N) is 6. The second-order valence-corrected chi connectivity index (χ2v) is 7.32. The van der Waals surface area contributed by atoms with Gasteiger partial charge in [0.25, 0.3) is 5.69 Å². The van der Waals surface area contributed by atoms with Gasteiger partial charge in [-0.1, -0.05) is 6.07 Å². The molecule has 0 saturated heterocycles. The minimum Gasteiger partial charge on any atom is -0.263 e. The van der Waals surface area contributed by atoms with E-state index in [1.807, 2.05) is 0 Å². The largest absolute Gasteiger partial charge is 0.390 e. The van der Waals surface area contributed by atoms with E-state index in [1.165, 1.54) is 35.4 Å². The van der Waals surface area contributed by atoms with Gasteiger partial charge in [-0.15, -0.1) is 0 Å². The SMILES string of the molecule is N#CC1(c2ccc(C=Nc3cc4cnn(CCC(F)(F)F)c4cn3)c([N+](=O)[O-])c2)CC1. The number of aryl methyl sites for hydroxylation is 1. The summed E-state index contributed by atoms with van der Waals surface area (Å²) in [6, 6.07) is 8.38. The first-order valence-corrected chi connectivity index (χ1v) is 9.33. The molecule has 0 atom stereocenters. The Kier molecular flexibility index (Phi) is 4.93. The Bertz CT molecular complexity index is 1240. The molecule has 0 aliphatic heterocycles. The summed E-state index contributed by atoms with van der Waals surface area (Å²) in [4.78, 5) is 19.2. The Morgan fingerprint density at radius 2 is 2.10 bits per heavy atom. The minimum atomic E-state index is -4.29. The summed E-state index contributed by atoms with van der Waals surface area (Å²) >= 11 is 0. The highest BCUT2D eigenvalue weighted by Gasteiger charge is 2.45. The molecule has 3 aromatic rings. The van der Waals surface area contributed by atoms with Crippen molar-refractivity contribution in [2.75, 3.05) is 0 Å². The molecule has 0 N–H and O–H groups in total. The molecule has 11 heteroatoms. The number of halogens is 3. The van der Waals surface area contributed by atoms with Crippen LogP contribution in [0.2, 0.25) is 0 Å². The van der Waals surface area contributed by atoms with Crippen molar-refractivity contribution in [1.29, 1.82) is 5.26 Å². The number of nitro groups is 1. The summed E-state index contributed by atoms with van der Waals surface area (Å²) in [7, 11) is 0. The van der Waals surface area contributed by atoms with E-state index in [2.05, 4.69) is 21.1 Å². The zero-order valence-electron chi connectivity index (χ0n) is 16.0. The molecule has 31 heavy (non-hydrogen) atoms. The fourth-order valence-corrected chi connectivity index (χ4v) is 3.28. The molecular weight excluding hydrogens is 413 g/mol. The number of hydrogen-bond acceptors (Lipinski definition) is 6. The average Bonchev–Trinajstić information content (AvgIpc) is 3.43. The number of benzene rings is 1. The van der Waals surface area contributed by atoms with Crippen LogP contribution in [0.1, 0.15) is 30.4 Å². The normalized spacial score (nSPS) is 15.3. The highest BCUT2D eigenvalue weighted by atomic mass is 19.4. The van der Waals surface area contributed by atoms with E-state index in [9.17, 15) is 28.5 Å². The van der Waals surface area contributed by atoms with Crippen LogP contribution in [0, 0.1) is 21.4 Å². The number of hydrogen-bond donors (Lipinski definition) is 0. The molecule has 2 aromatic heterocycles. The van der Waals surface area contributed by atoms with Crippen molar-refractivity contribution in [2.45, 2.75) is 37.4 Å². The van der Waals surface area contributed by atoms with Crippen LogP contribution in [-0.2, 0) is 12.0 Å². The minimum absolute atomic E-state index is 0.163. The third-order valence-electron chi connectivity index (χ3n) is 5.20. The summed E-state index contributed by atoms with van der Waals surface area (Å²) in [6.45, 7) is -0.319. The Morgan fingerprint density at radius 1 is 1.32 bits per heavy atom.